The highest BCUT2D eigenvalue weighted by Gasteiger charge is 2.18. The molecule has 0 spiro atoms. The third-order valence-electron chi connectivity index (χ3n) is 3.48. The van der Waals surface area contributed by atoms with Gasteiger partial charge in [0.25, 0.3) is 0 Å². The molecule has 0 bridgehead atoms. The first-order valence-corrected chi connectivity index (χ1v) is 6.86. The van der Waals surface area contributed by atoms with E-state index in [4.69, 9.17) is 11.6 Å². The zero-order chi connectivity index (χ0) is 12.1. The van der Waals surface area contributed by atoms with Crippen molar-refractivity contribution in [2.75, 3.05) is 13.1 Å². The summed E-state index contributed by atoms with van der Waals surface area (Å²) in [5.74, 6) is 0.938. The molecule has 1 aliphatic heterocycles. The highest BCUT2D eigenvalue weighted by Crippen LogP contribution is 2.22. The van der Waals surface area contributed by atoms with Gasteiger partial charge in [0.1, 0.15) is 0 Å². The minimum atomic E-state index is 0.468. The highest BCUT2D eigenvalue weighted by atomic mass is 35.5. The topological polar surface area (TPSA) is 29.0 Å². The van der Waals surface area contributed by atoms with Crippen LogP contribution in [0.2, 0.25) is 5.15 Å². The molecule has 0 N–H and O–H groups in total. The Bertz CT molecular complexity index is 331. The Balaban J connectivity index is 1.79. The fourth-order valence-corrected chi connectivity index (χ4v) is 2.60. The van der Waals surface area contributed by atoms with Crippen LogP contribution >= 0.6 is 11.6 Å². The first-order valence-electron chi connectivity index (χ1n) is 6.48. The molecule has 0 amide bonds. The number of aromatic nitrogens is 2. The van der Waals surface area contributed by atoms with E-state index in [1.54, 1.807) is 0 Å². The summed E-state index contributed by atoms with van der Waals surface area (Å²) in [6.07, 6.45) is 5.35. The van der Waals surface area contributed by atoms with Crippen molar-refractivity contribution >= 4 is 11.6 Å². The van der Waals surface area contributed by atoms with E-state index in [-0.39, 0.29) is 0 Å². The summed E-state index contributed by atoms with van der Waals surface area (Å²) in [6, 6.07) is 3.78. The van der Waals surface area contributed by atoms with Crippen molar-refractivity contribution < 1.29 is 0 Å². The quantitative estimate of drug-likeness (QED) is 0.826. The van der Waals surface area contributed by atoms with E-state index in [0.717, 1.165) is 18.2 Å². The molecule has 0 aromatic carbocycles. The van der Waals surface area contributed by atoms with E-state index in [1.165, 1.54) is 38.8 Å². The second kappa shape index (κ2) is 6.31. The average molecular weight is 254 g/mol. The van der Waals surface area contributed by atoms with Crippen molar-refractivity contribution in [3.8, 4) is 0 Å². The maximum Gasteiger partial charge on any atom is 0.151 e. The fourth-order valence-electron chi connectivity index (χ4n) is 2.50. The summed E-state index contributed by atoms with van der Waals surface area (Å²) >= 11 is 5.72. The Morgan fingerprint density at radius 2 is 2.06 bits per heavy atom. The summed E-state index contributed by atoms with van der Waals surface area (Å²) in [5, 5.41) is 8.45. The summed E-state index contributed by atoms with van der Waals surface area (Å²) in [6.45, 7) is 5.56. The van der Waals surface area contributed by atoms with E-state index < -0.39 is 0 Å². The monoisotopic (exact) mass is 253 g/mol. The minimum Gasteiger partial charge on any atom is -0.297 e. The first kappa shape index (κ1) is 12.8. The number of hydrogen-bond donors (Lipinski definition) is 0. The Morgan fingerprint density at radius 1 is 1.29 bits per heavy atom. The number of likely N-dealkylation sites (tertiary alicyclic amines) is 1. The van der Waals surface area contributed by atoms with Crippen molar-refractivity contribution in [3.63, 3.8) is 0 Å². The molecule has 1 aromatic rings. The molecule has 0 unspecified atom stereocenters. The molecule has 1 aromatic heterocycles. The maximum absolute atomic E-state index is 5.72. The SMILES string of the molecule is CCCC1CCN(Cc2ccc(Cl)nn2)CC1. The number of nitrogens with zero attached hydrogens (tertiary/aromatic N) is 3. The highest BCUT2D eigenvalue weighted by molar-refractivity contribution is 6.29. The van der Waals surface area contributed by atoms with Crippen molar-refractivity contribution in [2.45, 2.75) is 39.2 Å². The minimum absolute atomic E-state index is 0.468. The summed E-state index contributed by atoms with van der Waals surface area (Å²) in [7, 11) is 0. The molecule has 3 nitrogen and oxygen atoms in total. The molecule has 0 aliphatic carbocycles. The van der Waals surface area contributed by atoms with Crippen LogP contribution in [-0.2, 0) is 6.54 Å². The van der Waals surface area contributed by atoms with E-state index >= 15 is 0 Å². The summed E-state index contributed by atoms with van der Waals surface area (Å²) in [4.78, 5) is 2.46. The standard InChI is InChI=1S/C13H20ClN3/c1-2-3-11-6-8-17(9-7-11)10-12-4-5-13(14)16-15-12/h4-5,11H,2-3,6-10H2,1H3. The third-order valence-corrected chi connectivity index (χ3v) is 3.68. The van der Waals surface area contributed by atoms with Gasteiger partial charge in [-0.05, 0) is 44.0 Å². The second-order valence-electron chi connectivity index (χ2n) is 4.86. The molecule has 2 heterocycles. The Morgan fingerprint density at radius 3 is 2.65 bits per heavy atom. The van der Waals surface area contributed by atoms with E-state index in [9.17, 15) is 0 Å². The maximum atomic E-state index is 5.72. The Hall–Kier alpha value is -0.670. The Kier molecular flexibility index (Phi) is 4.75. The predicted octanol–water partition coefficient (Wildman–Crippen LogP) is 3.14. The van der Waals surface area contributed by atoms with Gasteiger partial charge in [0.2, 0.25) is 0 Å². The van der Waals surface area contributed by atoms with Crippen LogP contribution in [-0.4, -0.2) is 28.2 Å². The molecule has 2 rings (SSSR count). The molecule has 0 atom stereocenters. The second-order valence-corrected chi connectivity index (χ2v) is 5.24. The first-order chi connectivity index (χ1) is 8.28. The van der Waals surface area contributed by atoms with Crippen LogP contribution in [0.15, 0.2) is 12.1 Å². The van der Waals surface area contributed by atoms with Crippen molar-refractivity contribution in [3.05, 3.63) is 23.0 Å². The van der Waals surface area contributed by atoms with Gasteiger partial charge in [-0.1, -0.05) is 31.4 Å². The Labute approximate surface area is 108 Å². The van der Waals surface area contributed by atoms with Gasteiger partial charge in [-0.3, -0.25) is 4.90 Å². The van der Waals surface area contributed by atoms with Gasteiger partial charge in [0, 0.05) is 6.54 Å². The van der Waals surface area contributed by atoms with Crippen LogP contribution in [0.3, 0.4) is 0 Å². The number of piperidine rings is 1. The lowest BCUT2D eigenvalue weighted by Crippen LogP contribution is -2.33. The lowest BCUT2D eigenvalue weighted by atomic mass is 9.92. The zero-order valence-electron chi connectivity index (χ0n) is 10.4. The lowest BCUT2D eigenvalue weighted by molar-refractivity contribution is 0.170. The molecule has 1 fully saturated rings. The zero-order valence-corrected chi connectivity index (χ0v) is 11.2. The van der Waals surface area contributed by atoms with Crippen LogP contribution in [0.5, 0.6) is 0 Å². The van der Waals surface area contributed by atoms with Crippen molar-refractivity contribution in [2.24, 2.45) is 5.92 Å². The van der Waals surface area contributed by atoms with Gasteiger partial charge in [0.05, 0.1) is 5.69 Å². The van der Waals surface area contributed by atoms with E-state index in [0.29, 0.717) is 5.15 Å². The predicted molar refractivity (Wildman–Crippen MR) is 70.0 cm³/mol. The van der Waals surface area contributed by atoms with Gasteiger partial charge < -0.3 is 0 Å². The molecular weight excluding hydrogens is 234 g/mol. The van der Waals surface area contributed by atoms with Crippen LogP contribution in [0.25, 0.3) is 0 Å². The fraction of sp³-hybridized carbons (Fsp3) is 0.692. The molecule has 17 heavy (non-hydrogen) atoms. The third kappa shape index (κ3) is 3.93. The van der Waals surface area contributed by atoms with E-state index in [2.05, 4.69) is 22.0 Å². The molecule has 0 saturated carbocycles. The lowest BCUT2D eigenvalue weighted by Gasteiger charge is -2.31. The number of rotatable bonds is 4. The smallest absolute Gasteiger partial charge is 0.151 e. The average Bonchev–Trinajstić information content (AvgIpc) is 2.35. The van der Waals surface area contributed by atoms with Crippen LogP contribution < -0.4 is 0 Å². The number of hydrogen-bond acceptors (Lipinski definition) is 3. The molecule has 94 valence electrons. The molecule has 1 aliphatic rings. The largest absolute Gasteiger partial charge is 0.297 e. The van der Waals surface area contributed by atoms with E-state index in [1.807, 2.05) is 12.1 Å². The van der Waals surface area contributed by atoms with Gasteiger partial charge in [-0.15, -0.1) is 5.10 Å². The molecule has 1 saturated heterocycles. The van der Waals surface area contributed by atoms with Crippen LogP contribution in [0.1, 0.15) is 38.3 Å². The number of halogens is 1. The normalized spacial score (nSPS) is 18.5. The van der Waals surface area contributed by atoms with Crippen molar-refractivity contribution in [1.29, 1.82) is 0 Å². The van der Waals surface area contributed by atoms with Gasteiger partial charge in [-0.25, -0.2) is 0 Å². The van der Waals surface area contributed by atoms with Gasteiger partial charge >= 0.3 is 0 Å². The molecular formula is C13H20ClN3. The van der Waals surface area contributed by atoms with Crippen molar-refractivity contribution in [1.82, 2.24) is 15.1 Å². The van der Waals surface area contributed by atoms with Gasteiger partial charge in [-0.2, -0.15) is 5.10 Å². The summed E-state index contributed by atoms with van der Waals surface area (Å²) < 4.78 is 0. The van der Waals surface area contributed by atoms with Crippen LogP contribution in [0, 0.1) is 5.92 Å². The molecule has 4 heteroatoms. The summed E-state index contributed by atoms with van der Waals surface area (Å²) in [5.41, 5.74) is 1.02. The van der Waals surface area contributed by atoms with Gasteiger partial charge in [0.15, 0.2) is 5.15 Å². The van der Waals surface area contributed by atoms with Crippen LogP contribution in [0.4, 0.5) is 0 Å². The molecule has 0 radical (unpaired) electrons.